The lowest BCUT2D eigenvalue weighted by Crippen LogP contribution is -2.49. The normalized spacial score (nSPS) is 16.0. The van der Waals surface area contributed by atoms with Crippen LogP contribution in [0.15, 0.2) is 36.7 Å². The molecule has 1 aromatic heterocycles. The van der Waals surface area contributed by atoms with Gasteiger partial charge in [0.15, 0.2) is 0 Å². The molecule has 3 rings (SSSR count). The third-order valence-corrected chi connectivity index (χ3v) is 5.09. The molecule has 0 spiro atoms. The zero-order chi connectivity index (χ0) is 19.2. The summed E-state index contributed by atoms with van der Waals surface area (Å²) in [7, 11) is 0. The highest BCUT2D eigenvalue weighted by molar-refractivity contribution is 5.92. The van der Waals surface area contributed by atoms with E-state index in [0.29, 0.717) is 12.5 Å². The van der Waals surface area contributed by atoms with E-state index in [2.05, 4.69) is 44.7 Å². The maximum atomic E-state index is 12.3. The second-order valence-electron chi connectivity index (χ2n) is 7.67. The van der Waals surface area contributed by atoms with Gasteiger partial charge in [-0.1, -0.05) is 31.5 Å². The van der Waals surface area contributed by atoms with E-state index in [9.17, 15) is 4.79 Å². The van der Waals surface area contributed by atoms with Crippen molar-refractivity contribution in [3.63, 3.8) is 0 Å². The lowest BCUT2D eigenvalue weighted by molar-refractivity contribution is -0.117. The largest absolute Gasteiger partial charge is 0.333 e. The Kier molecular flexibility index (Phi) is 6.63. The molecule has 0 aliphatic carbocycles. The maximum absolute atomic E-state index is 12.3. The Morgan fingerprint density at radius 1 is 1.07 bits per heavy atom. The van der Waals surface area contributed by atoms with Crippen LogP contribution in [0.5, 0.6) is 0 Å². The first kappa shape index (κ1) is 19.6. The molecule has 0 bridgehead atoms. The predicted octanol–water partition coefficient (Wildman–Crippen LogP) is 2.57. The number of benzene rings is 1. The number of nitrogens with zero attached hydrogens (tertiary/aromatic N) is 4. The van der Waals surface area contributed by atoms with Crippen molar-refractivity contribution in [2.75, 3.05) is 44.6 Å². The van der Waals surface area contributed by atoms with Crippen LogP contribution in [0.4, 0.5) is 5.69 Å². The van der Waals surface area contributed by atoms with E-state index in [0.717, 1.165) is 50.8 Å². The van der Waals surface area contributed by atoms with E-state index in [4.69, 9.17) is 0 Å². The average Bonchev–Trinajstić information content (AvgIpc) is 3.12. The molecule has 27 heavy (non-hydrogen) atoms. The van der Waals surface area contributed by atoms with E-state index in [1.807, 2.05) is 37.4 Å². The molecule has 1 fully saturated rings. The van der Waals surface area contributed by atoms with Crippen LogP contribution in [-0.4, -0.2) is 64.5 Å². The minimum Gasteiger partial charge on any atom is -0.333 e. The van der Waals surface area contributed by atoms with Crippen molar-refractivity contribution in [3.8, 4) is 0 Å². The minimum absolute atomic E-state index is 0.0623. The van der Waals surface area contributed by atoms with Crippen molar-refractivity contribution in [2.24, 2.45) is 0 Å². The molecule has 2 aromatic rings. The number of nitrogens with one attached hydrogen (secondary N) is 1. The Hall–Kier alpha value is -2.18. The first-order chi connectivity index (χ1) is 13.0. The molecule has 0 saturated carbocycles. The molecule has 6 heteroatoms. The summed E-state index contributed by atoms with van der Waals surface area (Å²) in [5.74, 6) is 1.66. The highest BCUT2D eigenvalue weighted by atomic mass is 16.2. The van der Waals surface area contributed by atoms with Crippen molar-refractivity contribution in [1.29, 1.82) is 0 Å². The Morgan fingerprint density at radius 3 is 2.41 bits per heavy atom. The standard InChI is InChI=1S/C21H31N5O/c1-17(2)21-22-8-9-26(21)15-14-24-10-12-25(13-11-24)16-20(27)23-19-6-4-18(3)5-7-19/h4-9,17H,10-16H2,1-3H3,(H,23,27). The lowest BCUT2D eigenvalue weighted by atomic mass is 10.2. The number of carbonyl (C=O) groups is 1. The van der Waals surface area contributed by atoms with Crippen LogP contribution in [-0.2, 0) is 11.3 Å². The van der Waals surface area contributed by atoms with Gasteiger partial charge >= 0.3 is 0 Å². The van der Waals surface area contributed by atoms with E-state index in [1.54, 1.807) is 0 Å². The van der Waals surface area contributed by atoms with Crippen LogP contribution in [0, 0.1) is 6.92 Å². The van der Waals surface area contributed by atoms with Crippen molar-refractivity contribution in [2.45, 2.75) is 33.2 Å². The van der Waals surface area contributed by atoms with Crippen LogP contribution < -0.4 is 5.32 Å². The zero-order valence-electron chi connectivity index (χ0n) is 16.7. The van der Waals surface area contributed by atoms with E-state index >= 15 is 0 Å². The molecule has 1 aliphatic rings. The fourth-order valence-electron chi connectivity index (χ4n) is 3.47. The van der Waals surface area contributed by atoms with Crippen LogP contribution in [0.3, 0.4) is 0 Å². The van der Waals surface area contributed by atoms with Gasteiger partial charge in [-0.15, -0.1) is 0 Å². The molecule has 1 aliphatic heterocycles. The summed E-state index contributed by atoms with van der Waals surface area (Å²) in [6.45, 7) is 12.7. The van der Waals surface area contributed by atoms with Crippen molar-refractivity contribution in [1.82, 2.24) is 19.4 Å². The number of hydrogen-bond acceptors (Lipinski definition) is 4. The van der Waals surface area contributed by atoms with Gasteiger partial charge in [0.25, 0.3) is 0 Å². The second kappa shape index (κ2) is 9.15. The van der Waals surface area contributed by atoms with Gasteiger partial charge in [-0.3, -0.25) is 14.6 Å². The molecule has 1 saturated heterocycles. The smallest absolute Gasteiger partial charge is 0.238 e. The molecule has 0 radical (unpaired) electrons. The third-order valence-electron chi connectivity index (χ3n) is 5.09. The fraction of sp³-hybridized carbons (Fsp3) is 0.524. The summed E-state index contributed by atoms with van der Waals surface area (Å²) >= 11 is 0. The quantitative estimate of drug-likeness (QED) is 0.815. The molecule has 0 unspecified atom stereocenters. The summed E-state index contributed by atoms with van der Waals surface area (Å²) in [5, 5.41) is 2.98. The van der Waals surface area contributed by atoms with Gasteiger partial charge in [0, 0.05) is 63.3 Å². The van der Waals surface area contributed by atoms with Gasteiger partial charge in [-0.2, -0.15) is 0 Å². The van der Waals surface area contributed by atoms with Crippen molar-refractivity contribution in [3.05, 3.63) is 48.0 Å². The van der Waals surface area contributed by atoms with Crippen molar-refractivity contribution < 1.29 is 4.79 Å². The van der Waals surface area contributed by atoms with Crippen LogP contribution >= 0.6 is 0 Å². The number of carbonyl (C=O) groups excluding carboxylic acids is 1. The second-order valence-corrected chi connectivity index (χ2v) is 7.67. The van der Waals surface area contributed by atoms with E-state index in [-0.39, 0.29) is 5.91 Å². The molecule has 1 N–H and O–H groups in total. The van der Waals surface area contributed by atoms with Gasteiger partial charge in [-0.05, 0) is 19.1 Å². The first-order valence-corrected chi connectivity index (χ1v) is 9.83. The number of anilines is 1. The molecular weight excluding hydrogens is 338 g/mol. The Morgan fingerprint density at radius 2 is 1.74 bits per heavy atom. The van der Waals surface area contributed by atoms with Crippen LogP contribution in [0.2, 0.25) is 0 Å². The molecule has 0 atom stereocenters. The number of aromatic nitrogens is 2. The molecule has 2 heterocycles. The number of hydrogen-bond donors (Lipinski definition) is 1. The Bertz CT molecular complexity index is 729. The van der Waals surface area contributed by atoms with Gasteiger partial charge < -0.3 is 9.88 Å². The van der Waals surface area contributed by atoms with Crippen LogP contribution in [0.1, 0.15) is 31.2 Å². The van der Waals surface area contributed by atoms with Gasteiger partial charge in [-0.25, -0.2) is 4.98 Å². The number of piperazine rings is 1. The Balaban J connectivity index is 1.39. The monoisotopic (exact) mass is 369 g/mol. The molecule has 6 nitrogen and oxygen atoms in total. The number of amides is 1. The van der Waals surface area contributed by atoms with Crippen molar-refractivity contribution >= 4 is 11.6 Å². The zero-order valence-corrected chi connectivity index (χ0v) is 16.7. The van der Waals surface area contributed by atoms with E-state index < -0.39 is 0 Å². The summed E-state index contributed by atoms with van der Waals surface area (Å²) in [5.41, 5.74) is 2.06. The predicted molar refractivity (Wildman–Crippen MR) is 109 cm³/mol. The first-order valence-electron chi connectivity index (χ1n) is 9.83. The number of aryl methyl sites for hydroxylation is 1. The maximum Gasteiger partial charge on any atom is 0.238 e. The number of rotatable bonds is 7. The topological polar surface area (TPSA) is 53.4 Å². The molecular formula is C21H31N5O. The molecule has 1 aromatic carbocycles. The minimum atomic E-state index is 0.0623. The van der Waals surface area contributed by atoms with Gasteiger partial charge in [0.1, 0.15) is 5.82 Å². The highest BCUT2D eigenvalue weighted by Gasteiger charge is 2.19. The van der Waals surface area contributed by atoms with Gasteiger partial charge in [0.2, 0.25) is 5.91 Å². The summed E-state index contributed by atoms with van der Waals surface area (Å²) in [6.07, 6.45) is 3.96. The lowest BCUT2D eigenvalue weighted by Gasteiger charge is -2.34. The summed E-state index contributed by atoms with van der Waals surface area (Å²) < 4.78 is 2.26. The highest BCUT2D eigenvalue weighted by Crippen LogP contribution is 2.12. The Labute approximate surface area is 162 Å². The molecule has 146 valence electrons. The van der Waals surface area contributed by atoms with E-state index in [1.165, 1.54) is 5.56 Å². The third kappa shape index (κ3) is 5.65. The SMILES string of the molecule is Cc1ccc(NC(=O)CN2CCN(CCn3ccnc3C(C)C)CC2)cc1. The average molecular weight is 370 g/mol. The number of imidazole rings is 1. The molecule has 1 amide bonds. The fourth-order valence-corrected chi connectivity index (χ4v) is 3.47. The summed E-state index contributed by atoms with van der Waals surface area (Å²) in [4.78, 5) is 21.4. The van der Waals surface area contributed by atoms with Gasteiger partial charge in [0.05, 0.1) is 6.54 Å². The summed E-state index contributed by atoms with van der Waals surface area (Å²) in [6, 6.07) is 7.93. The van der Waals surface area contributed by atoms with Crippen LogP contribution in [0.25, 0.3) is 0 Å².